The molecular formula is C34H45NO6. The highest BCUT2D eigenvalue weighted by atomic mass is 16.7. The van der Waals surface area contributed by atoms with Crippen molar-refractivity contribution in [2.24, 2.45) is 5.92 Å². The fourth-order valence-electron chi connectivity index (χ4n) is 6.70. The molecule has 1 saturated carbocycles. The van der Waals surface area contributed by atoms with E-state index in [1.807, 2.05) is 18.9 Å². The first-order valence-electron chi connectivity index (χ1n) is 15.4. The maximum atomic E-state index is 13.8. The standard InChI is InChI=1S/C34H45NO6/c1-3-40-34-29(16-18-38-20-21-39-19-17-36)31(23-32(41-34)33(37)35(2)25-11-5-4-6-12-25)28-15-9-14-27-26-13-8-7-10-24(26)22-30(27)28/h7-10,13-15,23,25,29,31,34,36H,3-6,11-12,16-22H2,1-2H3/t29-,31-,34-/m0/s1. The topological polar surface area (TPSA) is 77.5 Å². The maximum Gasteiger partial charge on any atom is 0.288 e. The highest BCUT2D eigenvalue weighted by molar-refractivity contribution is 5.92. The largest absolute Gasteiger partial charge is 0.459 e. The molecule has 2 aromatic carbocycles. The van der Waals surface area contributed by atoms with E-state index in [2.05, 4.69) is 48.5 Å². The average molecular weight is 564 g/mol. The van der Waals surface area contributed by atoms with Gasteiger partial charge in [-0.15, -0.1) is 0 Å². The van der Waals surface area contributed by atoms with Gasteiger partial charge in [0.05, 0.1) is 26.4 Å². The number of carbonyl (C=O) groups excluding carboxylic acids is 1. The first-order chi connectivity index (χ1) is 20.1. The van der Waals surface area contributed by atoms with Crippen molar-refractivity contribution in [3.05, 3.63) is 71.0 Å². The van der Waals surface area contributed by atoms with Crippen LogP contribution in [0, 0.1) is 5.92 Å². The summed E-state index contributed by atoms with van der Waals surface area (Å²) in [6.07, 6.45) is 8.75. The maximum absolute atomic E-state index is 13.8. The third-order valence-corrected chi connectivity index (χ3v) is 8.82. The van der Waals surface area contributed by atoms with E-state index < -0.39 is 6.29 Å². The lowest BCUT2D eigenvalue weighted by Gasteiger charge is -2.39. The molecule has 0 aromatic heterocycles. The zero-order valence-corrected chi connectivity index (χ0v) is 24.6. The molecule has 1 fully saturated rings. The van der Waals surface area contributed by atoms with Crippen molar-refractivity contribution < 1.29 is 28.8 Å². The smallest absolute Gasteiger partial charge is 0.288 e. The van der Waals surface area contributed by atoms with Gasteiger partial charge in [-0.3, -0.25) is 4.79 Å². The van der Waals surface area contributed by atoms with Crippen molar-refractivity contribution in [3.63, 3.8) is 0 Å². The Hall–Kier alpha value is -2.71. The van der Waals surface area contributed by atoms with Gasteiger partial charge < -0.3 is 29.0 Å². The Bertz CT molecular complexity index is 1190. The predicted octanol–water partition coefficient (Wildman–Crippen LogP) is 5.44. The summed E-state index contributed by atoms with van der Waals surface area (Å²) in [5, 5.41) is 8.92. The molecule has 1 amide bonds. The van der Waals surface area contributed by atoms with Crippen molar-refractivity contribution in [3.8, 4) is 11.1 Å². The second-order valence-corrected chi connectivity index (χ2v) is 11.3. The van der Waals surface area contributed by atoms with Crippen molar-refractivity contribution in [1.82, 2.24) is 4.90 Å². The molecule has 3 atom stereocenters. The quantitative estimate of drug-likeness (QED) is 0.279. The van der Waals surface area contributed by atoms with Crippen LogP contribution in [0.15, 0.2) is 54.3 Å². The van der Waals surface area contributed by atoms with Crippen LogP contribution in [0.4, 0.5) is 0 Å². The van der Waals surface area contributed by atoms with Crippen LogP contribution in [0.5, 0.6) is 0 Å². The Morgan fingerprint density at radius 3 is 2.51 bits per heavy atom. The summed E-state index contributed by atoms with van der Waals surface area (Å²) in [7, 11) is 1.92. The number of aliphatic hydroxyl groups is 1. The monoisotopic (exact) mass is 563 g/mol. The Morgan fingerprint density at radius 1 is 0.976 bits per heavy atom. The van der Waals surface area contributed by atoms with Gasteiger partial charge in [0.15, 0.2) is 5.76 Å². The SMILES string of the molecule is CCO[C@H]1OC(C(=O)N(C)C2CCCCC2)=C[C@@H](c2cccc3c2Cc2ccccc2-3)[C@@H]1CCOCCOCCO. The van der Waals surface area contributed by atoms with Crippen LogP contribution >= 0.6 is 0 Å². The third-order valence-electron chi connectivity index (χ3n) is 8.82. The summed E-state index contributed by atoms with van der Waals surface area (Å²) in [5.41, 5.74) is 6.45. The van der Waals surface area contributed by atoms with Crippen molar-refractivity contribution >= 4 is 5.91 Å². The molecule has 0 radical (unpaired) electrons. The molecule has 1 aliphatic heterocycles. The molecule has 1 heterocycles. The molecular weight excluding hydrogens is 518 g/mol. The second-order valence-electron chi connectivity index (χ2n) is 11.3. The van der Waals surface area contributed by atoms with Crippen LogP contribution in [-0.2, 0) is 30.2 Å². The fourth-order valence-corrected chi connectivity index (χ4v) is 6.70. The molecule has 0 saturated heterocycles. The first-order valence-corrected chi connectivity index (χ1v) is 15.4. The number of amides is 1. The minimum Gasteiger partial charge on any atom is -0.459 e. The number of ether oxygens (including phenoxy) is 4. The van der Waals surface area contributed by atoms with Gasteiger partial charge in [-0.1, -0.05) is 61.7 Å². The summed E-state index contributed by atoms with van der Waals surface area (Å²) < 4.78 is 23.9. The number of carbonyl (C=O) groups is 1. The van der Waals surface area contributed by atoms with E-state index in [4.69, 9.17) is 24.1 Å². The average Bonchev–Trinajstić information content (AvgIpc) is 3.40. The predicted molar refractivity (Wildman–Crippen MR) is 158 cm³/mol. The van der Waals surface area contributed by atoms with Crippen molar-refractivity contribution in [2.75, 3.05) is 46.7 Å². The van der Waals surface area contributed by atoms with Crippen LogP contribution in [-0.4, -0.2) is 74.9 Å². The summed E-state index contributed by atoms with van der Waals surface area (Å²) >= 11 is 0. The lowest BCUT2D eigenvalue weighted by atomic mass is 9.78. The van der Waals surface area contributed by atoms with Gasteiger partial charge in [0.25, 0.3) is 5.91 Å². The van der Waals surface area contributed by atoms with E-state index in [1.54, 1.807) is 0 Å². The van der Waals surface area contributed by atoms with Gasteiger partial charge >= 0.3 is 0 Å². The number of aliphatic hydroxyl groups excluding tert-OH is 1. The number of rotatable bonds is 13. The number of allylic oxidation sites excluding steroid dienone is 1. The summed E-state index contributed by atoms with van der Waals surface area (Å²) in [4.78, 5) is 15.7. The first kappa shape index (κ1) is 29.8. The highest BCUT2D eigenvalue weighted by Gasteiger charge is 2.41. The van der Waals surface area contributed by atoms with Gasteiger partial charge in [-0.25, -0.2) is 0 Å². The van der Waals surface area contributed by atoms with Crippen LogP contribution in [0.25, 0.3) is 11.1 Å². The third kappa shape index (κ3) is 6.86. The van der Waals surface area contributed by atoms with Gasteiger partial charge in [-0.2, -0.15) is 0 Å². The molecule has 0 spiro atoms. The molecule has 7 heteroatoms. The summed E-state index contributed by atoms with van der Waals surface area (Å²) in [5.74, 6) is 0.250. The number of fused-ring (bicyclic) bond motifs is 3. The van der Waals surface area contributed by atoms with E-state index in [-0.39, 0.29) is 30.4 Å². The van der Waals surface area contributed by atoms with E-state index in [9.17, 15) is 4.79 Å². The molecule has 0 unspecified atom stereocenters. The van der Waals surface area contributed by atoms with Gasteiger partial charge in [0.1, 0.15) is 0 Å². The van der Waals surface area contributed by atoms with Crippen LogP contribution in [0.2, 0.25) is 0 Å². The number of benzene rings is 2. The van der Waals surface area contributed by atoms with Crippen LogP contribution in [0.1, 0.15) is 68.1 Å². The Labute approximate surface area is 244 Å². The zero-order valence-electron chi connectivity index (χ0n) is 24.6. The van der Waals surface area contributed by atoms with E-state index >= 15 is 0 Å². The molecule has 41 heavy (non-hydrogen) atoms. The molecule has 1 N–H and O–H groups in total. The normalized spacial score (nSPS) is 22.0. The number of nitrogens with zero attached hydrogens (tertiary/aromatic N) is 1. The number of hydrogen-bond donors (Lipinski definition) is 1. The van der Waals surface area contributed by atoms with Gasteiger partial charge in [0, 0.05) is 38.1 Å². The van der Waals surface area contributed by atoms with Gasteiger partial charge in [-0.05, 0) is 66.5 Å². The minimum atomic E-state index is -0.553. The highest BCUT2D eigenvalue weighted by Crippen LogP contribution is 2.46. The van der Waals surface area contributed by atoms with Crippen molar-refractivity contribution in [1.29, 1.82) is 0 Å². The van der Waals surface area contributed by atoms with Crippen molar-refractivity contribution in [2.45, 2.75) is 70.1 Å². The molecule has 5 rings (SSSR count). The Balaban J connectivity index is 1.44. The summed E-state index contributed by atoms with van der Waals surface area (Å²) in [6, 6.07) is 15.4. The van der Waals surface area contributed by atoms with Gasteiger partial charge in [0.2, 0.25) is 6.29 Å². The zero-order chi connectivity index (χ0) is 28.6. The van der Waals surface area contributed by atoms with E-state index in [1.165, 1.54) is 34.2 Å². The number of hydrogen-bond acceptors (Lipinski definition) is 6. The molecule has 3 aliphatic rings. The molecule has 2 aromatic rings. The lowest BCUT2D eigenvalue weighted by molar-refractivity contribution is -0.172. The summed E-state index contributed by atoms with van der Waals surface area (Å²) in [6.45, 7) is 4.19. The molecule has 0 bridgehead atoms. The molecule has 7 nitrogen and oxygen atoms in total. The Kier molecular flexibility index (Phi) is 10.5. The minimum absolute atomic E-state index is 0.00567. The molecule has 2 aliphatic carbocycles. The van der Waals surface area contributed by atoms with Crippen LogP contribution < -0.4 is 0 Å². The number of likely N-dealkylation sites (N-methyl/N-ethyl adjacent to an activating group) is 1. The fraction of sp³-hybridized carbons (Fsp3) is 0.559. The second kappa shape index (κ2) is 14.5. The molecule has 222 valence electrons. The lowest BCUT2D eigenvalue weighted by Crippen LogP contribution is -2.43. The van der Waals surface area contributed by atoms with E-state index in [0.29, 0.717) is 45.2 Å². The van der Waals surface area contributed by atoms with E-state index in [0.717, 1.165) is 32.1 Å². The van der Waals surface area contributed by atoms with Crippen LogP contribution in [0.3, 0.4) is 0 Å². The Morgan fingerprint density at radius 2 is 1.73 bits per heavy atom.